The molecule has 1 aromatic heterocycles. The molecule has 162 valence electrons. The second-order valence-corrected chi connectivity index (χ2v) is 10.6. The van der Waals surface area contributed by atoms with Gasteiger partial charge in [0, 0.05) is 48.2 Å². The molecular weight excluding hydrogens is 412 g/mol. The summed E-state index contributed by atoms with van der Waals surface area (Å²) in [5.74, 6) is 1.78. The number of hydrogen-bond donors (Lipinski definition) is 0. The number of piperidine rings is 1. The topological polar surface area (TPSA) is 32.8 Å². The van der Waals surface area contributed by atoms with Crippen LogP contribution >= 0.6 is 23.1 Å². The van der Waals surface area contributed by atoms with Gasteiger partial charge in [-0.05, 0) is 56.2 Å². The monoisotopic (exact) mass is 444 g/mol. The highest BCUT2D eigenvalue weighted by atomic mass is 32.2. The first kappa shape index (κ1) is 21.9. The van der Waals surface area contributed by atoms with Gasteiger partial charge in [0.05, 0.1) is 17.8 Å². The second kappa shape index (κ2) is 10.3. The lowest BCUT2D eigenvalue weighted by Gasteiger charge is -2.39. The summed E-state index contributed by atoms with van der Waals surface area (Å²) in [6.45, 7) is 9.24. The van der Waals surface area contributed by atoms with Gasteiger partial charge in [0.25, 0.3) is 5.91 Å². The van der Waals surface area contributed by atoms with Gasteiger partial charge in [-0.2, -0.15) is 0 Å². The number of rotatable bonds is 6. The van der Waals surface area contributed by atoms with Crippen LogP contribution in [-0.2, 0) is 10.5 Å². The average Bonchev–Trinajstić information content (AvgIpc) is 3.25. The molecule has 2 unspecified atom stereocenters. The molecule has 2 aliphatic rings. The number of benzene rings is 1. The molecule has 0 saturated carbocycles. The highest BCUT2D eigenvalue weighted by Gasteiger charge is 2.28. The Bertz CT molecular complexity index is 808. The van der Waals surface area contributed by atoms with Gasteiger partial charge in [0.2, 0.25) is 0 Å². The number of nitrogens with zero attached hydrogens (tertiary/aromatic N) is 2. The van der Waals surface area contributed by atoms with E-state index in [0.29, 0.717) is 18.1 Å². The molecule has 0 aliphatic carbocycles. The van der Waals surface area contributed by atoms with Gasteiger partial charge in [-0.1, -0.05) is 18.2 Å². The smallest absolute Gasteiger partial charge is 0.254 e. The summed E-state index contributed by atoms with van der Waals surface area (Å²) in [5.41, 5.74) is 0.855. The summed E-state index contributed by atoms with van der Waals surface area (Å²) in [5, 5.41) is 2.11. The molecule has 2 aromatic rings. The fourth-order valence-corrected chi connectivity index (χ4v) is 6.42. The molecule has 2 aliphatic heterocycles. The van der Waals surface area contributed by atoms with Gasteiger partial charge in [-0.25, -0.2) is 0 Å². The maximum absolute atomic E-state index is 13.3. The van der Waals surface area contributed by atoms with Crippen LogP contribution in [0.5, 0.6) is 0 Å². The first-order valence-corrected chi connectivity index (χ1v) is 12.9. The van der Waals surface area contributed by atoms with Crippen molar-refractivity contribution in [3.05, 3.63) is 52.2 Å². The van der Waals surface area contributed by atoms with Crippen LogP contribution < -0.4 is 0 Å². The van der Waals surface area contributed by atoms with E-state index in [1.54, 1.807) is 23.1 Å². The summed E-state index contributed by atoms with van der Waals surface area (Å²) < 4.78 is 5.86. The van der Waals surface area contributed by atoms with Gasteiger partial charge in [-0.3, -0.25) is 9.69 Å². The zero-order valence-corrected chi connectivity index (χ0v) is 19.6. The third-order valence-corrected chi connectivity index (χ3v) is 8.16. The summed E-state index contributed by atoms with van der Waals surface area (Å²) in [7, 11) is 0. The summed E-state index contributed by atoms with van der Waals surface area (Å²) in [4.78, 5) is 20.3. The minimum atomic E-state index is 0.191. The molecule has 4 nitrogen and oxygen atoms in total. The maximum Gasteiger partial charge on any atom is 0.254 e. The lowest BCUT2D eigenvalue weighted by molar-refractivity contribution is -0.0728. The maximum atomic E-state index is 13.3. The molecule has 0 spiro atoms. The Labute approximate surface area is 188 Å². The highest BCUT2D eigenvalue weighted by Crippen LogP contribution is 2.30. The normalized spacial score (nSPS) is 23.6. The molecule has 4 rings (SSSR count). The Kier molecular flexibility index (Phi) is 7.52. The molecule has 1 aromatic carbocycles. The van der Waals surface area contributed by atoms with Crippen molar-refractivity contribution in [3.63, 3.8) is 0 Å². The number of carbonyl (C=O) groups excluding carboxylic acids is 1. The number of morpholine rings is 1. The van der Waals surface area contributed by atoms with Gasteiger partial charge >= 0.3 is 0 Å². The number of likely N-dealkylation sites (tertiary alicyclic amines) is 1. The number of carbonyl (C=O) groups is 1. The van der Waals surface area contributed by atoms with Crippen LogP contribution in [0.1, 0.15) is 41.9 Å². The molecular formula is C24H32N2O2S2. The van der Waals surface area contributed by atoms with Crippen LogP contribution in [0.2, 0.25) is 0 Å². The largest absolute Gasteiger partial charge is 0.373 e. The molecule has 30 heavy (non-hydrogen) atoms. The van der Waals surface area contributed by atoms with E-state index < -0.39 is 0 Å². The molecule has 2 saturated heterocycles. The van der Waals surface area contributed by atoms with E-state index in [2.05, 4.69) is 47.2 Å². The minimum Gasteiger partial charge on any atom is -0.373 e. The Morgan fingerprint density at radius 2 is 1.83 bits per heavy atom. The Hall–Kier alpha value is -1.34. The molecule has 0 bridgehead atoms. The standard InChI is InChI=1S/C24H32N2O2S2/c1-18-14-25(15-19(2)28-18)16-20-9-11-26(12-10-20)24(27)22-7-3-4-8-23(22)30-17-21-6-5-13-29-21/h3-8,13,18-20H,9-12,14-17H2,1-2H3. The SMILES string of the molecule is CC1CN(CC2CCN(C(=O)c3ccccc3SCc3cccs3)CC2)CC(C)O1. The molecule has 0 N–H and O–H groups in total. The molecule has 2 fully saturated rings. The Balaban J connectivity index is 1.31. The van der Waals surface area contributed by atoms with Crippen molar-refractivity contribution in [2.75, 3.05) is 32.7 Å². The Morgan fingerprint density at radius 1 is 1.10 bits per heavy atom. The first-order chi connectivity index (χ1) is 14.6. The van der Waals surface area contributed by atoms with E-state index in [-0.39, 0.29) is 5.91 Å². The summed E-state index contributed by atoms with van der Waals surface area (Å²) in [6, 6.07) is 12.3. The van der Waals surface area contributed by atoms with Crippen molar-refractivity contribution in [1.82, 2.24) is 9.80 Å². The van der Waals surface area contributed by atoms with Crippen molar-refractivity contribution < 1.29 is 9.53 Å². The number of amides is 1. The molecule has 6 heteroatoms. The second-order valence-electron chi connectivity index (χ2n) is 8.58. The fourth-order valence-electron chi connectivity index (χ4n) is 4.60. The first-order valence-electron chi connectivity index (χ1n) is 11.0. The van der Waals surface area contributed by atoms with Crippen LogP contribution in [-0.4, -0.2) is 60.6 Å². The third-order valence-electron chi connectivity index (χ3n) is 5.98. The number of ether oxygens (including phenoxy) is 1. The zero-order valence-electron chi connectivity index (χ0n) is 18.0. The van der Waals surface area contributed by atoms with Crippen LogP contribution in [0.4, 0.5) is 0 Å². The van der Waals surface area contributed by atoms with Crippen molar-refractivity contribution in [1.29, 1.82) is 0 Å². The molecule has 0 radical (unpaired) electrons. The average molecular weight is 445 g/mol. The fraction of sp³-hybridized carbons (Fsp3) is 0.542. The van der Waals surface area contributed by atoms with Crippen LogP contribution in [0.3, 0.4) is 0 Å². The van der Waals surface area contributed by atoms with Crippen molar-refractivity contribution in [2.24, 2.45) is 5.92 Å². The van der Waals surface area contributed by atoms with Crippen LogP contribution in [0, 0.1) is 5.92 Å². The van der Waals surface area contributed by atoms with Crippen LogP contribution in [0.15, 0.2) is 46.7 Å². The highest BCUT2D eigenvalue weighted by molar-refractivity contribution is 7.98. The van der Waals surface area contributed by atoms with E-state index in [1.807, 2.05) is 18.2 Å². The van der Waals surface area contributed by atoms with Crippen molar-refractivity contribution >= 4 is 29.0 Å². The predicted octanol–water partition coefficient (Wildman–Crippen LogP) is 5.00. The van der Waals surface area contributed by atoms with E-state index in [4.69, 9.17) is 4.74 Å². The third kappa shape index (κ3) is 5.67. The minimum absolute atomic E-state index is 0.191. The zero-order chi connectivity index (χ0) is 20.9. The summed E-state index contributed by atoms with van der Waals surface area (Å²) in [6.07, 6.45) is 2.82. The van der Waals surface area contributed by atoms with Gasteiger partial charge in [0.15, 0.2) is 0 Å². The predicted molar refractivity (Wildman–Crippen MR) is 125 cm³/mol. The quantitative estimate of drug-likeness (QED) is 0.587. The van der Waals surface area contributed by atoms with Gasteiger partial charge < -0.3 is 9.64 Å². The number of hydrogen-bond acceptors (Lipinski definition) is 5. The summed E-state index contributed by atoms with van der Waals surface area (Å²) >= 11 is 3.54. The molecule has 1 amide bonds. The van der Waals surface area contributed by atoms with Crippen molar-refractivity contribution in [2.45, 2.75) is 49.5 Å². The van der Waals surface area contributed by atoms with E-state index in [0.717, 1.165) is 61.8 Å². The molecule has 3 heterocycles. The van der Waals surface area contributed by atoms with Crippen LogP contribution in [0.25, 0.3) is 0 Å². The Morgan fingerprint density at radius 3 is 2.53 bits per heavy atom. The number of thioether (sulfide) groups is 1. The number of thiophene rings is 1. The van der Waals surface area contributed by atoms with Gasteiger partial charge in [-0.15, -0.1) is 23.1 Å². The van der Waals surface area contributed by atoms with E-state index in [9.17, 15) is 4.79 Å². The molecule has 2 atom stereocenters. The van der Waals surface area contributed by atoms with E-state index >= 15 is 0 Å². The lowest BCUT2D eigenvalue weighted by atomic mass is 9.95. The van der Waals surface area contributed by atoms with Crippen molar-refractivity contribution in [3.8, 4) is 0 Å². The van der Waals surface area contributed by atoms with Gasteiger partial charge in [0.1, 0.15) is 0 Å². The van der Waals surface area contributed by atoms with E-state index in [1.165, 1.54) is 4.88 Å². The lowest BCUT2D eigenvalue weighted by Crippen LogP contribution is -2.48.